The Labute approximate surface area is 69.4 Å². The maximum Gasteiger partial charge on any atom is 0.0658 e. The molecule has 0 bridgehead atoms. The van der Waals surface area contributed by atoms with Gasteiger partial charge in [-0.25, -0.2) is 0 Å². The van der Waals surface area contributed by atoms with Crippen molar-refractivity contribution in [3.63, 3.8) is 0 Å². The molecule has 0 heterocycles. The molecule has 0 aromatic rings. The highest BCUT2D eigenvalue weighted by Gasteiger charge is 2.26. The van der Waals surface area contributed by atoms with Gasteiger partial charge in [-0.15, -0.1) is 0 Å². The minimum Gasteiger partial charge on any atom is -0.198 e. The van der Waals surface area contributed by atoms with Gasteiger partial charge in [0, 0.05) is 5.92 Å². The molecule has 1 nitrogen and oxygen atoms in total. The Morgan fingerprint density at radius 3 is 2.36 bits per heavy atom. The monoisotopic (exact) mass is 151 g/mol. The van der Waals surface area contributed by atoms with E-state index in [1.54, 1.807) is 0 Å². The van der Waals surface area contributed by atoms with Crippen LogP contribution in [-0.2, 0) is 0 Å². The molecule has 0 N–H and O–H groups in total. The fourth-order valence-electron chi connectivity index (χ4n) is 2.12. The van der Waals surface area contributed by atoms with Gasteiger partial charge < -0.3 is 0 Å². The lowest BCUT2D eigenvalue weighted by Crippen LogP contribution is -2.22. The average Bonchev–Trinajstić information content (AvgIpc) is 2.04. The van der Waals surface area contributed by atoms with Crippen molar-refractivity contribution in [1.82, 2.24) is 0 Å². The zero-order chi connectivity index (χ0) is 8.27. The molecule has 0 aliphatic heterocycles. The lowest BCUT2D eigenvalue weighted by atomic mass is 9.74. The van der Waals surface area contributed by atoms with Gasteiger partial charge in [0.25, 0.3) is 0 Å². The summed E-state index contributed by atoms with van der Waals surface area (Å²) in [6.45, 7) is 4.47. The van der Waals surface area contributed by atoms with Crippen LogP contribution in [0.5, 0.6) is 0 Å². The lowest BCUT2D eigenvalue weighted by Gasteiger charge is -2.29. The van der Waals surface area contributed by atoms with Crippen LogP contribution in [0.15, 0.2) is 0 Å². The molecule has 1 aliphatic rings. The van der Waals surface area contributed by atoms with Crippen LogP contribution in [-0.4, -0.2) is 0 Å². The minimum absolute atomic E-state index is 0.351. The molecule has 0 radical (unpaired) electrons. The highest BCUT2D eigenvalue weighted by Crippen LogP contribution is 2.34. The molecular formula is C10H17N. The molecule has 1 aliphatic carbocycles. The molecule has 1 heteroatoms. The zero-order valence-corrected chi connectivity index (χ0v) is 7.51. The normalized spacial score (nSPS) is 31.8. The first-order chi connectivity index (χ1) is 5.25. The summed E-state index contributed by atoms with van der Waals surface area (Å²) in [5.74, 6) is 1.72. The Kier molecular flexibility index (Phi) is 2.93. The second-order valence-corrected chi connectivity index (χ2v) is 3.93. The molecule has 0 spiro atoms. The maximum absolute atomic E-state index is 8.86. The van der Waals surface area contributed by atoms with Gasteiger partial charge in [-0.2, -0.15) is 5.26 Å². The first kappa shape index (κ1) is 8.59. The lowest BCUT2D eigenvalue weighted by molar-refractivity contribution is 0.223. The predicted molar refractivity (Wildman–Crippen MR) is 45.9 cm³/mol. The van der Waals surface area contributed by atoms with Crippen molar-refractivity contribution in [3.8, 4) is 6.07 Å². The summed E-state index contributed by atoms with van der Waals surface area (Å²) in [5, 5.41) is 8.86. The molecule has 0 aromatic heterocycles. The van der Waals surface area contributed by atoms with E-state index < -0.39 is 0 Å². The van der Waals surface area contributed by atoms with Crippen molar-refractivity contribution in [2.45, 2.75) is 39.5 Å². The molecule has 11 heavy (non-hydrogen) atoms. The van der Waals surface area contributed by atoms with E-state index in [1.165, 1.54) is 19.3 Å². The highest BCUT2D eigenvalue weighted by atomic mass is 14.4. The first-order valence-corrected chi connectivity index (χ1v) is 4.65. The third-order valence-electron chi connectivity index (χ3n) is 2.84. The van der Waals surface area contributed by atoms with Crippen molar-refractivity contribution < 1.29 is 0 Å². The quantitative estimate of drug-likeness (QED) is 0.565. The molecule has 1 rings (SSSR count). The maximum atomic E-state index is 8.86. The minimum atomic E-state index is 0.351. The summed E-state index contributed by atoms with van der Waals surface area (Å²) < 4.78 is 0. The van der Waals surface area contributed by atoms with Gasteiger partial charge in [0.15, 0.2) is 0 Å². The van der Waals surface area contributed by atoms with Gasteiger partial charge in [-0.3, -0.25) is 0 Å². The molecule has 1 saturated carbocycles. The van der Waals surface area contributed by atoms with Crippen molar-refractivity contribution in [2.24, 2.45) is 17.8 Å². The van der Waals surface area contributed by atoms with Crippen LogP contribution in [0.3, 0.4) is 0 Å². The molecule has 0 unspecified atom stereocenters. The fourth-order valence-corrected chi connectivity index (χ4v) is 2.12. The Bertz CT molecular complexity index is 155. The van der Waals surface area contributed by atoms with Crippen LogP contribution in [0.2, 0.25) is 0 Å². The van der Waals surface area contributed by atoms with E-state index in [-0.39, 0.29) is 0 Å². The van der Waals surface area contributed by atoms with E-state index in [4.69, 9.17) is 5.26 Å². The summed E-state index contributed by atoms with van der Waals surface area (Å²) in [4.78, 5) is 0. The fraction of sp³-hybridized carbons (Fsp3) is 0.900. The van der Waals surface area contributed by atoms with Gasteiger partial charge in [-0.05, 0) is 24.7 Å². The molecule has 0 aromatic carbocycles. The molecule has 1 fully saturated rings. The highest BCUT2D eigenvalue weighted by molar-refractivity contribution is 4.91. The van der Waals surface area contributed by atoms with E-state index in [2.05, 4.69) is 19.9 Å². The van der Waals surface area contributed by atoms with Crippen molar-refractivity contribution >= 4 is 0 Å². The molecular weight excluding hydrogens is 134 g/mol. The molecule has 2 atom stereocenters. The third-order valence-corrected chi connectivity index (χ3v) is 2.84. The molecule has 0 saturated heterocycles. The summed E-state index contributed by atoms with van der Waals surface area (Å²) in [6.07, 6.45) is 5.01. The van der Waals surface area contributed by atoms with E-state index in [1.807, 2.05) is 0 Å². The van der Waals surface area contributed by atoms with Crippen LogP contribution in [0.1, 0.15) is 39.5 Å². The standard InChI is InChI=1S/C10H17N/c1-8(2)10-6-4-3-5-9(10)7-11/h8-10H,3-6H2,1-2H3/t9-,10-/m0/s1. The van der Waals surface area contributed by atoms with Crippen molar-refractivity contribution in [2.75, 3.05) is 0 Å². The van der Waals surface area contributed by atoms with E-state index in [9.17, 15) is 0 Å². The van der Waals surface area contributed by atoms with Gasteiger partial charge >= 0.3 is 0 Å². The van der Waals surface area contributed by atoms with E-state index in [0.29, 0.717) is 17.8 Å². The van der Waals surface area contributed by atoms with Crippen molar-refractivity contribution in [3.05, 3.63) is 0 Å². The number of nitrogens with zero attached hydrogens (tertiary/aromatic N) is 1. The van der Waals surface area contributed by atoms with Gasteiger partial charge in [0.1, 0.15) is 0 Å². The Hall–Kier alpha value is -0.510. The summed E-state index contributed by atoms with van der Waals surface area (Å²) in [7, 11) is 0. The summed E-state index contributed by atoms with van der Waals surface area (Å²) in [6, 6.07) is 2.44. The second-order valence-electron chi connectivity index (χ2n) is 3.93. The second kappa shape index (κ2) is 3.76. The Morgan fingerprint density at radius 2 is 1.91 bits per heavy atom. The van der Waals surface area contributed by atoms with Crippen LogP contribution < -0.4 is 0 Å². The van der Waals surface area contributed by atoms with Crippen LogP contribution >= 0.6 is 0 Å². The van der Waals surface area contributed by atoms with Gasteiger partial charge in [0.2, 0.25) is 0 Å². The first-order valence-electron chi connectivity index (χ1n) is 4.65. The smallest absolute Gasteiger partial charge is 0.0658 e. The van der Waals surface area contributed by atoms with Crippen LogP contribution in [0.4, 0.5) is 0 Å². The number of rotatable bonds is 1. The van der Waals surface area contributed by atoms with Gasteiger partial charge in [-0.1, -0.05) is 26.7 Å². The number of hydrogen-bond acceptors (Lipinski definition) is 1. The van der Waals surface area contributed by atoms with Gasteiger partial charge in [0.05, 0.1) is 6.07 Å². The van der Waals surface area contributed by atoms with Crippen LogP contribution in [0, 0.1) is 29.1 Å². The third kappa shape index (κ3) is 1.96. The van der Waals surface area contributed by atoms with Crippen molar-refractivity contribution in [1.29, 1.82) is 5.26 Å². The topological polar surface area (TPSA) is 23.8 Å². The number of hydrogen-bond donors (Lipinski definition) is 0. The molecule has 62 valence electrons. The Balaban J connectivity index is 2.53. The van der Waals surface area contributed by atoms with Crippen LogP contribution in [0.25, 0.3) is 0 Å². The Morgan fingerprint density at radius 1 is 1.27 bits per heavy atom. The van der Waals surface area contributed by atoms with E-state index in [0.717, 1.165) is 6.42 Å². The zero-order valence-electron chi connectivity index (χ0n) is 7.51. The molecule has 0 amide bonds. The number of nitriles is 1. The van der Waals surface area contributed by atoms with E-state index >= 15 is 0 Å². The summed E-state index contributed by atoms with van der Waals surface area (Å²) in [5.41, 5.74) is 0. The average molecular weight is 151 g/mol. The summed E-state index contributed by atoms with van der Waals surface area (Å²) >= 11 is 0. The predicted octanol–water partition coefficient (Wildman–Crippen LogP) is 2.97. The SMILES string of the molecule is CC(C)[C@@H]1CCCC[C@H]1C#N. The largest absolute Gasteiger partial charge is 0.198 e.